The molecular weight excluding hydrogens is 936 g/mol. The second kappa shape index (κ2) is 56.4. The molecule has 0 aromatic carbocycles. The van der Waals surface area contributed by atoms with Gasteiger partial charge in [-0.25, -0.2) is 0 Å². The molecule has 0 aliphatic carbocycles. The van der Waals surface area contributed by atoms with E-state index in [-0.39, 0.29) is 12.5 Å². The summed E-state index contributed by atoms with van der Waals surface area (Å²) in [6.07, 6.45) is 74.1. The van der Waals surface area contributed by atoms with Crippen molar-refractivity contribution in [3.63, 3.8) is 0 Å². The van der Waals surface area contributed by atoms with Crippen LogP contribution < -0.4 is 10.2 Å². The van der Waals surface area contributed by atoms with Gasteiger partial charge in [0.2, 0.25) is 5.91 Å². The molecule has 0 radical (unpaired) electrons. The van der Waals surface area contributed by atoms with E-state index in [1.165, 1.54) is 257 Å². The Balaban J connectivity index is 3.99. The van der Waals surface area contributed by atoms with Crippen molar-refractivity contribution >= 4 is 13.7 Å². The number of aliphatic hydroxyl groups is 1. The number of aliphatic hydroxyl groups excluding tert-OH is 1. The van der Waals surface area contributed by atoms with E-state index in [1.54, 1.807) is 6.08 Å². The number of hydrogen-bond donors (Lipinski definition) is 2. The number of allylic oxidation sites excluding steroid dienone is 5. The smallest absolute Gasteiger partial charge is 0.268 e. The molecule has 8 nitrogen and oxygen atoms in total. The van der Waals surface area contributed by atoms with E-state index >= 15 is 0 Å². The number of hydrogen-bond acceptors (Lipinski definition) is 6. The summed E-state index contributed by atoms with van der Waals surface area (Å²) in [5, 5.41) is 13.9. The number of phosphoric ester groups is 1. The largest absolute Gasteiger partial charge is 0.756 e. The Labute approximate surface area is 461 Å². The molecule has 438 valence electrons. The second-order valence-corrected chi connectivity index (χ2v) is 24.9. The summed E-state index contributed by atoms with van der Waals surface area (Å²) in [7, 11) is 1.25. The lowest BCUT2D eigenvalue weighted by Gasteiger charge is -2.29. The zero-order valence-corrected chi connectivity index (χ0v) is 51.0. The molecule has 0 rings (SSSR count). The first kappa shape index (κ1) is 72.7. The number of carbonyl (C=O) groups is 1. The molecule has 0 aliphatic rings. The van der Waals surface area contributed by atoms with Gasteiger partial charge in [0.15, 0.2) is 0 Å². The van der Waals surface area contributed by atoms with Crippen LogP contribution in [0.25, 0.3) is 0 Å². The maximum atomic E-state index is 13.0. The average molecular weight is 1060 g/mol. The number of nitrogens with zero attached hydrogens (tertiary/aromatic N) is 1. The maximum Gasteiger partial charge on any atom is 0.268 e. The number of rotatable bonds is 60. The van der Waals surface area contributed by atoms with E-state index in [0.717, 1.165) is 44.9 Å². The van der Waals surface area contributed by atoms with Gasteiger partial charge < -0.3 is 28.8 Å². The Kier molecular flexibility index (Phi) is 55.5. The number of carbonyl (C=O) groups excluding carboxylic acids is 1. The monoisotopic (exact) mass is 1060 g/mol. The fraction of sp³-hybridized carbons (Fsp3) is 0.892. The summed E-state index contributed by atoms with van der Waals surface area (Å²) in [4.78, 5) is 25.5. The van der Waals surface area contributed by atoms with Crippen molar-refractivity contribution in [3.8, 4) is 0 Å². The number of nitrogens with one attached hydrogen (secondary N) is 1. The number of quaternary nitrogens is 1. The zero-order chi connectivity index (χ0) is 54.2. The number of phosphoric acid groups is 1. The topological polar surface area (TPSA) is 108 Å². The van der Waals surface area contributed by atoms with E-state index in [0.29, 0.717) is 17.4 Å². The third-order valence-electron chi connectivity index (χ3n) is 14.8. The molecule has 2 N–H and O–H groups in total. The van der Waals surface area contributed by atoms with Crippen molar-refractivity contribution in [2.45, 2.75) is 334 Å². The van der Waals surface area contributed by atoms with Crippen molar-refractivity contribution in [1.29, 1.82) is 0 Å². The van der Waals surface area contributed by atoms with E-state index in [2.05, 4.69) is 43.5 Å². The minimum absolute atomic E-state index is 0.00737. The summed E-state index contributed by atoms with van der Waals surface area (Å²) < 4.78 is 23.3. The highest BCUT2D eigenvalue weighted by atomic mass is 31.2. The van der Waals surface area contributed by atoms with Gasteiger partial charge in [0.25, 0.3) is 7.82 Å². The van der Waals surface area contributed by atoms with Crippen LogP contribution in [0.5, 0.6) is 0 Å². The first-order valence-corrected chi connectivity index (χ1v) is 33.8. The van der Waals surface area contributed by atoms with Gasteiger partial charge in [-0.2, -0.15) is 0 Å². The molecular formula is C65H127N2O6P. The molecule has 1 amide bonds. The molecule has 0 spiro atoms. The molecule has 74 heavy (non-hydrogen) atoms. The standard InChI is InChI=1S/C65H127N2O6P/c1-6-8-10-12-14-16-18-20-22-24-25-26-27-28-29-30-31-32-33-34-35-36-37-38-39-40-41-43-45-47-49-51-53-55-57-59-65(69)66-63(62-73-74(70,71)72-61-60-67(3,4)5)64(68)58-56-54-52-50-48-46-44-42-23-21-19-17-15-13-11-9-7-2/h23,42,48,50,56,58,63-64,68H,6-22,24-41,43-47,49,51-55,57,59-62H2,1-5H3,(H-,66,69,70,71)/b42-23+,50-48+,58-56+. The third kappa shape index (κ3) is 58.4. The minimum Gasteiger partial charge on any atom is -0.756 e. The van der Waals surface area contributed by atoms with E-state index in [4.69, 9.17) is 9.05 Å². The van der Waals surface area contributed by atoms with Gasteiger partial charge >= 0.3 is 0 Å². The Hall–Kier alpha value is -1.28. The first-order chi connectivity index (χ1) is 36.0. The lowest BCUT2D eigenvalue weighted by Crippen LogP contribution is -2.45. The van der Waals surface area contributed by atoms with Crippen molar-refractivity contribution in [1.82, 2.24) is 5.32 Å². The van der Waals surface area contributed by atoms with Gasteiger partial charge in [0, 0.05) is 6.42 Å². The van der Waals surface area contributed by atoms with Crippen LogP contribution in [-0.2, 0) is 18.4 Å². The summed E-state index contributed by atoms with van der Waals surface area (Å²) in [6.45, 7) is 4.65. The summed E-state index contributed by atoms with van der Waals surface area (Å²) in [5.41, 5.74) is 0. The SMILES string of the molecule is CCCCCCCCC/C=C/CC/C=C/CC/C=C/C(O)C(COP(=O)([O-])OCC[N+](C)(C)C)NC(=O)CCCCCCCCCCCCCCCCCCCCCCCCCCCCCCCCCCCCC. The average Bonchev–Trinajstić information content (AvgIpc) is 3.36. The normalized spacial score (nSPS) is 14.0. The molecule has 0 saturated heterocycles. The van der Waals surface area contributed by atoms with Gasteiger partial charge in [-0.05, 0) is 44.9 Å². The van der Waals surface area contributed by atoms with Crippen molar-refractivity contribution in [3.05, 3.63) is 36.5 Å². The fourth-order valence-electron chi connectivity index (χ4n) is 9.78. The highest BCUT2D eigenvalue weighted by Crippen LogP contribution is 2.38. The van der Waals surface area contributed by atoms with Crippen molar-refractivity contribution in [2.24, 2.45) is 0 Å². The Bertz CT molecular complexity index is 1300. The van der Waals surface area contributed by atoms with Gasteiger partial charge in [-0.15, -0.1) is 0 Å². The van der Waals surface area contributed by atoms with Crippen LogP contribution in [0.4, 0.5) is 0 Å². The molecule has 9 heteroatoms. The molecule has 0 aromatic heterocycles. The maximum absolute atomic E-state index is 13.0. The predicted octanol–water partition coefficient (Wildman–Crippen LogP) is 19.5. The molecule has 0 aromatic rings. The third-order valence-corrected chi connectivity index (χ3v) is 15.8. The molecule has 3 unspecified atom stereocenters. The molecule has 0 bridgehead atoms. The van der Waals surface area contributed by atoms with Crippen LogP contribution in [0.1, 0.15) is 322 Å². The highest BCUT2D eigenvalue weighted by molar-refractivity contribution is 7.45. The summed E-state index contributed by atoms with van der Waals surface area (Å²) in [6, 6.07) is -0.908. The van der Waals surface area contributed by atoms with E-state index in [9.17, 15) is 19.4 Å². The Morgan fingerprint density at radius 2 is 0.757 bits per heavy atom. The van der Waals surface area contributed by atoms with Crippen LogP contribution in [0.2, 0.25) is 0 Å². The molecule has 0 aliphatic heterocycles. The lowest BCUT2D eigenvalue weighted by atomic mass is 10.0. The van der Waals surface area contributed by atoms with Crippen LogP contribution >= 0.6 is 7.82 Å². The number of likely N-dealkylation sites (N-methyl/N-ethyl adjacent to an activating group) is 1. The Morgan fingerprint density at radius 3 is 1.09 bits per heavy atom. The predicted molar refractivity (Wildman–Crippen MR) is 321 cm³/mol. The lowest BCUT2D eigenvalue weighted by molar-refractivity contribution is -0.870. The number of unbranched alkanes of at least 4 members (excludes halogenated alkanes) is 43. The quantitative estimate of drug-likeness (QED) is 0.0272. The van der Waals surface area contributed by atoms with Crippen LogP contribution in [0.15, 0.2) is 36.5 Å². The van der Waals surface area contributed by atoms with Crippen molar-refractivity contribution in [2.75, 3.05) is 40.9 Å². The molecule has 0 fully saturated rings. The van der Waals surface area contributed by atoms with E-state index < -0.39 is 26.6 Å². The Morgan fingerprint density at radius 1 is 0.459 bits per heavy atom. The molecule has 0 heterocycles. The van der Waals surface area contributed by atoms with E-state index in [1.807, 2.05) is 27.2 Å². The van der Waals surface area contributed by atoms with Crippen LogP contribution in [0.3, 0.4) is 0 Å². The summed E-state index contributed by atoms with van der Waals surface area (Å²) >= 11 is 0. The highest BCUT2D eigenvalue weighted by Gasteiger charge is 2.23. The fourth-order valence-corrected chi connectivity index (χ4v) is 10.5. The minimum atomic E-state index is -4.61. The second-order valence-electron chi connectivity index (χ2n) is 23.5. The van der Waals surface area contributed by atoms with Gasteiger partial charge in [0.1, 0.15) is 13.2 Å². The summed E-state index contributed by atoms with van der Waals surface area (Å²) in [5.74, 6) is -0.205. The number of amides is 1. The molecule has 3 atom stereocenters. The van der Waals surface area contributed by atoms with Gasteiger partial charge in [-0.3, -0.25) is 9.36 Å². The van der Waals surface area contributed by atoms with Gasteiger partial charge in [-0.1, -0.05) is 307 Å². The first-order valence-electron chi connectivity index (χ1n) is 32.4. The van der Waals surface area contributed by atoms with Crippen molar-refractivity contribution < 1.29 is 32.9 Å². The zero-order valence-electron chi connectivity index (χ0n) is 50.1. The van der Waals surface area contributed by atoms with Gasteiger partial charge in [0.05, 0.1) is 39.9 Å². The van der Waals surface area contributed by atoms with Crippen LogP contribution in [-0.4, -0.2) is 68.5 Å². The molecule has 0 saturated carbocycles. The van der Waals surface area contributed by atoms with Crippen LogP contribution in [0, 0.1) is 0 Å².